The number of aromatic amines is 1. The predicted molar refractivity (Wildman–Crippen MR) is 80.7 cm³/mol. The Balaban J connectivity index is 1.84. The fourth-order valence-corrected chi connectivity index (χ4v) is 4.99. The Morgan fingerprint density at radius 1 is 1.29 bits per heavy atom. The van der Waals surface area contributed by atoms with Crippen LogP contribution in [0.4, 0.5) is 8.78 Å². The number of rotatable bonds is 2. The fourth-order valence-electron chi connectivity index (χ4n) is 4.62. The Hall–Kier alpha value is -1.23. The Morgan fingerprint density at radius 2 is 2.10 bits per heavy atom. The molecule has 1 aromatic heterocycles. The minimum atomic E-state index is -0.814. The van der Waals surface area contributed by atoms with Crippen LogP contribution < -0.4 is 0 Å². The molecule has 2 nitrogen and oxygen atoms in total. The molecule has 5 heteroatoms. The summed E-state index contributed by atoms with van der Waals surface area (Å²) in [4.78, 5) is 3.01. The number of hydrogen-bond donors (Lipinski definition) is 1. The van der Waals surface area contributed by atoms with Crippen molar-refractivity contribution in [3.63, 3.8) is 0 Å². The van der Waals surface area contributed by atoms with E-state index in [9.17, 15) is 8.78 Å². The van der Waals surface area contributed by atoms with Gasteiger partial charge in [0.1, 0.15) is 5.52 Å². The van der Waals surface area contributed by atoms with Crippen molar-refractivity contribution in [1.82, 2.24) is 9.55 Å². The van der Waals surface area contributed by atoms with Gasteiger partial charge in [-0.3, -0.25) is 0 Å². The Bertz CT molecular complexity index is 763. The van der Waals surface area contributed by atoms with Gasteiger partial charge in [0.15, 0.2) is 16.4 Å². The van der Waals surface area contributed by atoms with E-state index in [0.717, 1.165) is 12.0 Å². The summed E-state index contributed by atoms with van der Waals surface area (Å²) in [7, 11) is 0. The van der Waals surface area contributed by atoms with Crippen LogP contribution in [0.25, 0.3) is 11.0 Å². The number of nitrogens with zero attached hydrogens (tertiary/aromatic N) is 1. The van der Waals surface area contributed by atoms with E-state index in [-0.39, 0.29) is 11.6 Å². The zero-order valence-electron chi connectivity index (χ0n) is 11.9. The lowest BCUT2D eigenvalue weighted by Crippen LogP contribution is -2.22. The summed E-state index contributed by atoms with van der Waals surface area (Å²) >= 11 is 5.37. The molecule has 2 aromatic rings. The molecule has 0 aliphatic heterocycles. The van der Waals surface area contributed by atoms with E-state index in [4.69, 9.17) is 12.2 Å². The number of aromatic nitrogens is 2. The fraction of sp³-hybridized carbons (Fsp3) is 0.562. The van der Waals surface area contributed by atoms with E-state index in [0.29, 0.717) is 22.1 Å². The second-order valence-electron chi connectivity index (χ2n) is 6.64. The maximum absolute atomic E-state index is 14.2. The van der Waals surface area contributed by atoms with Crippen LogP contribution in [0.2, 0.25) is 0 Å². The van der Waals surface area contributed by atoms with E-state index >= 15 is 0 Å². The second-order valence-corrected chi connectivity index (χ2v) is 7.02. The topological polar surface area (TPSA) is 20.7 Å². The summed E-state index contributed by atoms with van der Waals surface area (Å²) < 4.78 is 30.1. The molecule has 2 aliphatic rings. The Labute approximate surface area is 127 Å². The van der Waals surface area contributed by atoms with Crippen molar-refractivity contribution < 1.29 is 8.78 Å². The van der Waals surface area contributed by atoms with Gasteiger partial charge in [-0.1, -0.05) is 6.42 Å². The molecule has 2 saturated carbocycles. The van der Waals surface area contributed by atoms with Gasteiger partial charge in [-0.25, -0.2) is 8.78 Å². The molecule has 4 rings (SSSR count). The molecule has 1 N–H and O–H groups in total. The van der Waals surface area contributed by atoms with Gasteiger partial charge in [-0.2, -0.15) is 0 Å². The zero-order valence-corrected chi connectivity index (χ0v) is 12.7. The minimum Gasteiger partial charge on any atom is -0.330 e. The molecule has 2 bridgehead atoms. The molecule has 112 valence electrons. The molecule has 21 heavy (non-hydrogen) atoms. The predicted octanol–water partition coefficient (Wildman–Crippen LogP) is 4.97. The number of fused-ring (bicyclic) bond motifs is 3. The SMILES string of the molecule is CC(C1CC2CCC1C2)n1c(=S)[nH]c2ccc(F)c(F)c21. The van der Waals surface area contributed by atoms with Gasteiger partial charge in [0.2, 0.25) is 0 Å². The van der Waals surface area contributed by atoms with Crippen LogP contribution in [0.5, 0.6) is 0 Å². The minimum absolute atomic E-state index is 0.109. The summed E-state index contributed by atoms with van der Waals surface area (Å²) in [6.45, 7) is 2.10. The van der Waals surface area contributed by atoms with Crippen LogP contribution in [-0.2, 0) is 0 Å². The van der Waals surface area contributed by atoms with E-state index in [1.165, 1.54) is 25.7 Å². The van der Waals surface area contributed by atoms with Crippen LogP contribution in [0, 0.1) is 34.2 Å². The van der Waals surface area contributed by atoms with Crippen LogP contribution >= 0.6 is 12.2 Å². The maximum atomic E-state index is 14.2. The van der Waals surface area contributed by atoms with Gasteiger partial charge in [0.25, 0.3) is 0 Å². The number of nitrogens with one attached hydrogen (secondary N) is 1. The van der Waals surface area contributed by atoms with Crippen LogP contribution in [0.15, 0.2) is 12.1 Å². The monoisotopic (exact) mass is 308 g/mol. The third-order valence-electron chi connectivity index (χ3n) is 5.59. The van der Waals surface area contributed by atoms with Gasteiger partial charge in [-0.15, -0.1) is 0 Å². The summed E-state index contributed by atoms with van der Waals surface area (Å²) in [5, 5.41) is 0. The molecule has 0 amide bonds. The molecule has 0 radical (unpaired) electrons. The highest BCUT2D eigenvalue weighted by atomic mass is 32.1. The van der Waals surface area contributed by atoms with Gasteiger partial charge in [0.05, 0.1) is 5.52 Å². The number of imidazole rings is 1. The summed E-state index contributed by atoms with van der Waals surface area (Å²) in [5.41, 5.74) is 0.865. The molecular formula is C16H18F2N2S. The van der Waals surface area contributed by atoms with E-state index in [2.05, 4.69) is 11.9 Å². The quantitative estimate of drug-likeness (QED) is 0.776. The number of hydrogen-bond acceptors (Lipinski definition) is 1. The average molecular weight is 308 g/mol. The lowest BCUT2D eigenvalue weighted by molar-refractivity contribution is 0.244. The Morgan fingerprint density at radius 3 is 2.76 bits per heavy atom. The maximum Gasteiger partial charge on any atom is 0.184 e. The largest absolute Gasteiger partial charge is 0.330 e. The van der Waals surface area contributed by atoms with Crippen molar-refractivity contribution in [3.8, 4) is 0 Å². The van der Waals surface area contributed by atoms with Gasteiger partial charge >= 0.3 is 0 Å². The molecule has 1 aromatic carbocycles. The van der Waals surface area contributed by atoms with Crippen molar-refractivity contribution in [1.29, 1.82) is 0 Å². The average Bonchev–Trinajstić information content (AvgIpc) is 3.15. The lowest BCUT2D eigenvalue weighted by atomic mass is 9.84. The lowest BCUT2D eigenvalue weighted by Gasteiger charge is -2.29. The standard InChI is InChI=1S/C16H18F2N2S/c1-8(11-7-9-2-3-10(11)6-9)20-15-13(19-16(20)21)5-4-12(17)14(15)18/h4-5,8-11H,2-3,6-7H2,1H3,(H,19,21). The summed E-state index contributed by atoms with van der Waals surface area (Å²) in [6, 6.07) is 2.82. The Kier molecular flexibility index (Phi) is 2.96. The first-order chi connectivity index (χ1) is 10.1. The van der Waals surface area contributed by atoms with Crippen molar-refractivity contribution in [2.45, 2.75) is 38.6 Å². The number of H-pyrrole nitrogens is 1. The number of halogens is 2. The first-order valence-electron chi connectivity index (χ1n) is 7.64. The molecule has 4 atom stereocenters. The summed E-state index contributed by atoms with van der Waals surface area (Å²) in [5.74, 6) is 0.453. The summed E-state index contributed by atoms with van der Waals surface area (Å²) in [6.07, 6.45) is 5.08. The molecule has 1 heterocycles. The van der Waals surface area contributed by atoms with Crippen LogP contribution in [-0.4, -0.2) is 9.55 Å². The second kappa shape index (κ2) is 4.63. The smallest absolute Gasteiger partial charge is 0.184 e. The molecule has 0 spiro atoms. The molecule has 2 fully saturated rings. The van der Waals surface area contributed by atoms with E-state index in [1.807, 2.05) is 0 Å². The van der Waals surface area contributed by atoms with Crippen molar-refractivity contribution in [2.24, 2.45) is 17.8 Å². The highest BCUT2D eigenvalue weighted by Crippen LogP contribution is 2.52. The van der Waals surface area contributed by atoms with Gasteiger partial charge in [-0.05, 0) is 68.3 Å². The first kappa shape index (κ1) is 13.4. The van der Waals surface area contributed by atoms with Crippen molar-refractivity contribution in [2.75, 3.05) is 0 Å². The third kappa shape index (κ3) is 1.90. The zero-order chi connectivity index (χ0) is 14.7. The number of benzene rings is 1. The normalized spacial score (nSPS) is 29.4. The van der Waals surface area contributed by atoms with E-state index < -0.39 is 11.6 Å². The van der Waals surface area contributed by atoms with Crippen LogP contribution in [0.3, 0.4) is 0 Å². The van der Waals surface area contributed by atoms with Crippen molar-refractivity contribution in [3.05, 3.63) is 28.5 Å². The molecule has 0 saturated heterocycles. The molecule has 2 aliphatic carbocycles. The van der Waals surface area contributed by atoms with Crippen molar-refractivity contribution >= 4 is 23.3 Å². The molecular weight excluding hydrogens is 290 g/mol. The van der Waals surface area contributed by atoms with E-state index in [1.54, 1.807) is 10.6 Å². The van der Waals surface area contributed by atoms with Gasteiger partial charge in [0, 0.05) is 6.04 Å². The van der Waals surface area contributed by atoms with Crippen LogP contribution in [0.1, 0.15) is 38.6 Å². The highest BCUT2D eigenvalue weighted by Gasteiger charge is 2.42. The third-order valence-corrected chi connectivity index (χ3v) is 5.89. The highest BCUT2D eigenvalue weighted by molar-refractivity contribution is 7.71. The molecule has 4 unspecified atom stereocenters. The van der Waals surface area contributed by atoms with Gasteiger partial charge < -0.3 is 9.55 Å². The first-order valence-corrected chi connectivity index (χ1v) is 8.05.